The Hall–Kier alpha value is 5.02. The van der Waals surface area contributed by atoms with Crippen molar-refractivity contribution in [1.82, 2.24) is 0 Å². The van der Waals surface area contributed by atoms with Crippen molar-refractivity contribution in [3.05, 3.63) is 0 Å². The second kappa shape index (κ2) is 2.76. The predicted octanol–water partition coefficient (Wildman–Crippen LogP) is 5.31. The third kappa shape index (κ3) is 35.6. The van der Waals surface area contributed by atoms with Crippen LogP contribution in [0.4, 0.5) is 0 Å². The van der Waals surface area contributed by atoms with Crippen LogP contribution in [0.2, 0.25) is 0 Å². The number of rotatable bonds is 0. The van der Waals surface area contributed by atoms with Gasteiger partial charge >= 0.3 is 109 Å². The van der Waals surface area contributed by atoms with Crippen LogP contribution in [-0.2, 0) is -8.64 Å². The molecule has 0 aliphatic heterocycles. The van der Waals surface area contributed by atoms with E-state index in [0.29, 0.717) is 0 Å². The predicted molar refractivity (Wildman–Crippen MR) is 84.1 cm³/mol. The second-order valence-electron chi connectivity index (χ2n) is 0.758. The molecule has 0 saturated heterocycles. The standard InChI is InChI=1S/6HI.Os/h6*1H;/q;;;;;;+6/p-6. The Labute approximate surface area is 105 Å². The fourth-order valence-corrected chi connectivity index (χ4v) is 0. The van der Waals surface area contributed by atoms with Crippen LogP contribution < -0.4 is 0 Å². The van der Waals surface area contributed by atoms with Crippen LogP contribution in [0.15, 0.2) is 0 Å². The fourth-order valence-electron chi connectivity index (χ4n) is 0. The normalized spacial score (nSPS) is 23.1. The van der Waals surface area contributed by atoms with Crippen LogP contribution in [-0.4, -0.2) is 0 Å². The number of halogens is 6. The molecule has 0 bridgehead atoms. The molecule has 0 saturated carbocycles. The van der Waals surface area contributed by atoms with Gasteiger partial charge in [0, 0.05) is 0 Å². The second-order valence-corrected chi connectivity index (χ2v) is 279. The molecule has 0 atom stereocenters. The van der Waals surface area contributed by atoms with Crippen molar-refractivity contribution in [3.63, 3.8) is 0 Å². The first kappa shape index (κ1) is 12.0. The summed E-state index contributed by atoms with van der Waals surface area (Å²) in [7, 11) is 0. The Morgan fingerprint density at radius 3 is 0.571 bits per heavy atom. The molecule has 0 spiro atoms. The molecular formula is I6Os. The van der Waals surface area contributed by atoms with Gasteiger partial charge < -0.3 is 0 Å². The van der Waals surface area contributed by atoms with Gasteiger partial charge in [-0.2, -0.15) is 0 Å². The molecule has 7 heteroatoms. The molecule has 0 aromatic carbocycles. The average molecular weight is 952 g/mol. The van der Waals surface area contributed by atoms with Gasteiger partial charge in [-0.15, -0.1) is 0 Å². The Kier molecular flexibility index (Phi) is 4.74. The quantitative estimate of drug-likeness (QED) is 0.290. The van der Waals surface area contributed by atoms with E-state index >= 15 is 0 Å². The van der Waals surface area contributed by atoms with E-state index in [1.165, 1.54) is 0 Å². The third-order valence-electron chi connectivity index (χ3n) is 0. The van der Waals surface area contributed by atoms with Crippen LogP contribution in [0.3, 0.4) is 0 Å². The monoisotopic (exact) mass is 953 g/mol. The van der Waals surface area contributed by atoms with E-state index in [9.17, 15) is 0 Å². The van der Waals surface area contributed by atoms with Crippen LogP contribution in [0.5, 0.6) is 0 Å². The summed E-state index contributed by atoms with van der Waals surface area (Å²) < 4.78 is -2.39. The van der Waals surface area contributed by atoms with E-state index in [0.717, 1.165) is 0 Å². The Balaban J connectivity index is 4.43. The Morgan fingerprint density at radius 2 is 0.571 bits per heavy atom. The van der Waals surface area contributed by atoms with Crippen LogP contribution >= 0.6 is 118 Å². The van der Waals surface area contributed by atoms with E-state index in [2.05, 4.69) is 118 Å². The van der Waals surface area contributed by atoms with Crippen LogP contribution in [0, 0.1) is 0 Å². The van der Waals surface area contributed by atoms with Gasteiger partial charge in [0.15, 0.2) is 0 Å². The molecule has 0 amide bonds. The van der Waals surface area contributed by atoms with Gasteiger partial charge in [-0.05, 0) is 0 Å². The first-order chi connectivity index (χ1) is 2.45. The van der Waals surface area contributed by atoms with Gasteiger partial charge in [-0.3, -0.25) is 0 Å². The maximum atomic E-state index is 2.57. The van der Waals surface area contributed by atoms with Crippen molar-refractivity contribution in [2.75, 3.05) is 0 Å². The molecular weight excluding hydrogens is 952 g/mol. The molecule has 0 aliphatic carbocycles. The molecule has 0 fully saturated rings. The van der Waals surface area contributed by atoms with Gasteiger partial charge in [-0.1, -0.05) is 0 Å². The average Bonchev–Trinajstić information content (AvgIpc) is 0.592. The van der Waals surface area contributed by atoms with E-state index in [1.807, 2.05) is 0 Å². The zero-order chi connectivity index (χ0) is 6.41. The molecule has 0 heterocycles. The fraction of sp³-hybridized carbons (Fsp3) is 0. The molecule has 0 unspecified atom stereocenters. The summed E-state index contributed by atoms with van der Waals surface area (Å²) in [6.07, 6.45) is 0. The van der Waals surface area contributed by atoms with Crippen LogP contribution in [0.25, 0.3) is 0 Å². The zero-order valence-corrected chi connectivity index (χ0v) is 18.1. The molecule has 0 N–H and O–H groups in total. The van der Waals surface area contributed by atoms with E-state index < -0.39 is -8.64 Å². The van der Waals surface area contributed by atoms with Crippen molar-refractivity contribution in [2.45, 2.75) is 0 Å². The van der Waals surface area contributed by atoms with Crippen molar-refractivity contribution < 1.29 is -8.64 Å². The van der Waals surface area contributed by atoms with Gasteiger partial charge in [0.2, 0.25) is 0 Å². The molecule has 50 valence electrons. The van der Waals surface area contributed by atoms with Gasteiger partial charge in [0.05, 0.1) is 0 Å². The number of hydrogen-bond acceptors (Lipinski definition) is 0. The summed E-state index contributed by atoms with van der Waals surface area (Å²) >= 11 is 15.4. The van der Waals surface area contributed by atoms with Gasteiger partial charge in [-0.25, -0.2) is 0 Å². The SMILES string of the molecule is [I][Os]([I])([I])([I])([I])[I]. The molecule has 0 nitrogen and oxygen atoms in total. The topological polar surface area (TPSA) is 0 Å². The molecule has 0 radical (unpaired) electrons. The van der Waals surface area contributed by atoms with E-state index in [4.69, 9.17) is 0 Å². The minimum atomic E-state index is -2.39. The zero-order valence-electron chi connectivity index (χ0n) is 2.62. The summed E-state index contributed by atoms with van der Waals surface area (Å²) in [4.78, 5) is 0. The van der Waals surface area contributed by atoms with Crippen LogP contribution in [0.1, 0.15) is 0 Å². The molecule has 7 heavy (non-hydrogen) atoms. The maximum absolute atomic E-state index is 2.57. The van der Waals surface area contributed by atoms with Crippen molar-refractivity contribution in [1.29, 1.82) is 0 Å². The van der Waals surface area contributed by atoms with Gasteiger partial charge in [0.1, 0.15) is 0 Å². The van der Waals surface area contributed by atoms with E-state index in [-0.39, 0.29) is 0 Å². The summed E-state index contributed by atoms with van der Waals surface area (Å²) in [6.45, 7) is 0. The third-order valence-corrected chi connectivity index (χ3v) is 0. The summed E-state index contributed by atoms with van der Waals surface area (Å²) in [5.41, 5.74) is 0. The van der Waals surface area contributed by atoms with Gasteiger partial charge in [0.25, 0.3) is 0 Å². The Bertz CT molecular complexity index is 62.7. The summed E-state index contributed by atoms with van der Waals surface area (Å²) in [6, 6.07) is 0. The minimum absolute atomic E-state index is 2.39. The Morgan fingerprint density at radius 1 is 0.571 bits per heavy atom. The van der Waals surface area contributed by atoms with E-state index in [1.54, 1.807) is 0 Å². The molecule has 0 rings (SSSR count). The first-order valence-electron chi connectivity index (χ1n) is 0.802. The molecule has 0 aromatic heterocycles. The first-order valence-corrected chi connectivity index (χ1v) is 44.0. The summed E-state index contributed by atoms with van der Waals surface area (Å²) in [5.74, 6) is 0. The molecule has 0 aromatic rings. The van der Waals surface area contributed by atoms with Crippen molar-refractivity contribution in [3.8, 4) is 0 Å². The summed E-state index contributed by atoms with van der Waals surface area (Å²) in [5, 5.41) is 0. The molecule has 0 aliphatic rings. The van der Waals surface area contributed by atoms with Crippen molar-refractivity contribution in [2.24, 2.45) is 0 Å². The number of hydrogen-bond donors (Lipinski definition) is 0. The van der Waals surface area contributed by atoms with Crippen molar-refractivity contribution >= 4 is 118 Å².